The third-order valence-electron chi connectivity index (χ3n) is 1.87. The summed E-state index contributed by atoms with van der Waals surface area (Å²) in [4.78, 5) is 0. The maximum absolute atomic E-state index is 13.2. The van der Waals surface area contributed by atoms with Gasteiger partial charge in [-0.25, -0.2) is 4.39 Å². The zero-order valence-corrected chi connectivity index (χ0v) is 8.51. The van der Waals surface area contributed by atoms with E-state index >= 15 is 0 Å². The lowest BCUT2D eigenvalue weighted by Crippen LogP contribution is -2.21. The monoisotopic (exact) mass is 237 g/mol. The van der Waals surface area contributed by atoms with E-state index in [2.05, 4.69) is 4.74 Å². The number of benzene rings is 1. The molecular weight excluding hydrogens is 226 g/mol. The van der Waals surface area contributed by atoms with E-state index in [1.807, 2.05) is 0 Å². The molecule has 0 aliphatic heterocycles. The van der Waals surface area contributed by atoms with Gasteiger partial charge in [-0.3, -0.25) is 0 Å². The molecule has 0 saturated carbocycles. The number of halogens is 4. The predicted octanol–water partition coefficient (Wildman–Crippen LogP) is 2.79. The summed E-state index contributed by atoms with van der Waals surface area (Å²) < 4.78 is 53.4. The Balaban J connectivity index is 2.93. The van der Waals surface area contributed by atoms with Gasteiger partial charge in [-0.1, -0.05) is 12.1 Å². The molecule has 0 radical (unpaired) electrons. The molecule has 1 rings (SSSR count). The first-order chi connectivity index (χ1) is 7.31. The van der Waals surface area contributed by atoms with Crippen molar-refractivity contribution in [3.63, 3.8) is 0 Å². The molecule has 0 aromatic heterocycles. The van der Waals surface area contributed by atoms with Crippen LogP contribution >= 0.6 is 0 Å². The SMILES string of the molecule is C[C@H](N)c1cccc(F)c1OCC(F)(F)F. The summed E-state index contributed by atoms with van der Waals surface area (Å²) in [6, 6.07) is 3.23. The van der Waals surface area contributed by atoms with Gasteiger partial charge in [0.2, 0.25) is 0 Å². The van der Waals surface area contributed by atoms with Crippen molar-refractivity contribution in [2.75, 3.05) is 6.61 Å². The lowest BCUT2D eigenvalue weighted by atomic mass is 10.1. The van der Waals surface area contributed by atoms with Gasteiger partial charge in [0.25, 0.3) is 0 Å². The Morgan fingerprint density at radius 1 is 1.38 bits per heavy atom. The van der Waals surface area contributed by atoms with Gasteiger partial charge in [0, 0.05) is 11.6 Å². The van der Waals surface area contributed by atoms with Crippen LogP contribution in [0.5, 0.6) is 5.75 Å². The largest absolute Gasteiger partial charge is 0.481 e. The number of para-hydroxylation sites is 1. The van der Waals surface area contributed by atoms with E-state index in [0.717, 1.165) is 6.07 Å². The minimum Gasteiger partial charge on any atom is -0.481 e. The highest BCUT2D eigenvalue weighted by molar-refractivity contribution is 5.36. The first-order valence-corrected chi connectivity index (χ1v) is 4.55. The maximum atomic E-state index is 13.2. The molecule has 2 N–H and O–H groups in total. The molecule has 0 spiro atoms. The first kappa shape index (κ1) is 12.8. The number of rotatable bonds is 3. The van der Waals surface area contributed by atoms with Crippen LogP contribution < -0.4 is 10.5 Å². The number of ether oxygens (including phenoxy) is 1. The summed E-state index contributed by atoms with van der Waals surface area (Å²) in [5.41, 5.74) is 5.71. The van der Waals surface area contributed by atoms with Crippen LogP contribution in [0.2, 0.25) is 0 Å². The first-order valence-electron chi connectivity index (χ1n) is 4.55. The predicted molar refractivity (Wildman–Crippen MR) is 50.6 cm³/mol. The summed E-state index contributed by atoms with van der Waals surface area (Å²) >= 11 is 0. The molecule has 0 heterocycles. The molecule has 0 bridgehead atoms. The Morgan fingerprint density at radius 2 is 2.00 bits per heavy atom. The van der Waals surface area contributed by atoms with Gasteiger partial charge in [0.15, 0.2) is 18.2 Å². The second kappa shape index (κ2) is 4.69. The Morgan fingerprint density at radius 3 is 2.50 bits per heavy atom. The van der Waals surface area contributed by atoms with Crippen molar-refractivity contribution in [1.29, 1.82) is 0 Å². The fourth-order valence-electron chi connectivity index (χ4n) is 1.19. The fraction of sp³-hybridized carbons (Fsp3) is 0.400. The Kier molecular flexibility index (Phi) is 3.74. The van der Waals surface area contributed by atoms with Crippen molar-refractivity contribution in [3.05, 3.63) is 29.6 Å². The molecule has 0 aliphatic rings. The average molecular weight is 237 g/mol. The molecule has 0 unspecified atom stereocenters. The van der Waals surface area contributed by atoms with Crippen LogP contribution in [-0.2, 0) is 0 Å². The van der Waals surface area contributed by atoms with Gasteiger partial charge in [0.05, 0.1) is 0 Å². The topological polar surface area (TPSA) is 35.2 Å². The zero-order chi connectivity index (χ0) is 12.3. The van der Waals surface area contributed by atoms with Crippen LogP contribution in [-0.4, -0.2) is 12.8 Å². The van der Waals surface area contributed by atoms with Crippen molar-refractivity contribution in [1.82, 2.24) is 0 Å². The summed E-state index contributed by atoms with van der Waals surface area (Å²) in [6.07, 6.45) is -4.50. The smallest absolute Gasteiger partial charge is 0.422 e. The number of hydrogen-bond acceptors (Lipinski definition) is 2. The minimum absolute atomic E-state index is 0.212. The van der Waals surface area contributed by atoms with Gasteiger partial charge >= 0.3 is 6.18 Å². The van der Waals surface area contributed by atoms with Gasteiger partial charge in [-0.05, 0) is 13.0 Å². The second-order valence-corrected chi connectivity index (χ2v) is 3.35. The summed E-state index contributed by atoms with van der Waals surface area (Å²) in [6.45, 7) is 0.00285. The van der Waals surface area contributed by atoms with Crippen molar-refractivity contribution in [2.24, 2.45) is 5.73 Å². The molecular formula is C10H11F4NO. The lowest BCUT2D eigenvalue weighted by Gasteiger charge is -2.15. The average Bonchev–Trinajstić information content (AvgIpc) is 2.13. The van der Waals surface area contributed by atoms with Gasteiger partial charge < -0.3 is 10.5 Å². The van der Waals surface area contributed by atoms with Crippen LogP contribution in [0.1, 0.15) is 18.5 Å². The third-order valence-corrected chi connectivity index (χ3v) is 1.87. The molecule has 0 saturated heterocycles. The van der Waals surface area contributed by atoms with Crippen molar-refractivity contribution in [2.45, 2.75) is 19.1 Å². The molecule has 0 fully saturated rings. The number of nitrogens with two attached hydrogens (primary N) is 1. The summed E-state index contributed by atoms with van der Waals surface area (Å²) in [7, 11) is 0. The summed E-state index contributed by atoms with van der Waals surface area (Å²) in [5.74, 6) is -1.28. The Hall–Kier alpha value is -1.30. The van der Waals surface area contributed by atoms with Gasteiger partial charge in [0.1, 0.15) is 0 Å². The Labute approximate surface area is 90.0 Å². The highest BCUT2D eigenvalue weighted by Gasteiger charge is 2.29. The van der Waals surface area contributed by atoms with Gasteiger partial charge in [-0.2, -0.15) is 13.2 Å². The lowest BCUT2D eigenvalue weighted by molar-refractivity contribution is -0.154. The van der Waals surface area contributed by atoms with Crippen LogP contribution in [0.4, 0.5) is 17.6 Å². The minimum atomic E-state index is -4.50. The molecule has 6 heteroatoms. The van der Waals surface area contributed by atoms with E-state index < -0.39 is 30.4 Å². The van der Waals surface area contributed by atoms with E-state index in [0.29, 0.717) is 0 Å². The second-order valence-electron chi connectivity index (χ2n) is 3.35. The highest BCUT2D eigenvalue weighted by Crippen LogP contribution is 2.28. The zero-order valence-electron chi connectivity index (χ0n) is 8.51. The van der Waals surface area contributed by atoms with Crippen LogP contribution in [0, 0.1) is 5.82 Å². The molecule has 90 valence electrons. The summed E-state index contributed by atoms with van der Waals surface area (Å²) in [5, 5.41) is 0. The fourth-order valence-corrected chi connectivity index (χ4v) is 1.19. The third kappa shape index (κ3) is 3.37. The van der Waals surface area contributed by atoms with Crippen molar-refractivity contribution in [3.8, 4) is 5.75 Å². The van der Waals surface area contributed by atoms with Crippen LogP contribution in [0.3, 0.4) is 0 Å². The van der Waals surface area contributed by atoms with E-state index in [1.54, 1.807) is 0 Å². The standard InChI is InChI=1S/C10H11F4NO/c1-6(15)7-3-2-4-8(11)9(7)16-5-10(12,13)14/h2-4,6H,5,15H2,1H3/t6-/m0/s1. The van der Waals surface area contributed by atoms with Gasteiger partial charge in [-0.15, -0.1) is 0 Å². The molecule has 1 aromatic carbocycles. The highest BCUT2D eigenvalue weighted by atomic mass is 19.4. The van der Waals surface area contributed by atoms with E-state index in [9.17, 15) is 17.6 Å². The molecule has 1 atom stereocenters. The molecule has 1 aromatic rings. The van der Waals surface area contributed by atoms with Crippen molar-refractivity contribution < 1.29 is 22.3 Å². The molecule has 0 amide bonds. The molecule has 2 nitrogen and oxygen atoms in total. The molecule has 16 heavy (non-hydrogen) atoms. The maximum Gasteiger partial charge on any atom is 0.422 e. The quantitative estimate of drug-likeness (QED) is 0.820. The normalized spacial score (nSPS) is 13.6. The van der Waals surface area contributed by atoms with E-state index in [-0.39, 0.29) is 5.56 Å². The Bertz CT molecular complexity index is 362. The molecule has 0 aliphatic carbocycles. The van der Waals surface area contributed by atoms with E-state index in [1.165, 1.54) is 19.1 Å². The number of hydrogen-bond donors (Lipinski definition) is 1. The van der Waals surface area contributed by atoms with E-state index in [4.69, 9.17) is 5.73 Å². The number of alkyl halides is 3. The van der Waals surface area contributed by atoms with Crippen molar-refractivity contribution >= 4 is 0 Å². The van der Waals surface area contributed by atoms with Crippen LogP contribution in [0.15, 0.2) is 18.2 Å². The van der Waals surface area contributed by atoms with Crippen LogP contribution in [0.25, 0.3) is 0 Å².